The van der Waals surface area contributed by atoms with Crippen molar-refractivity contribution in [2.24, 2.45) is 0 Å². The van der Waals surface area contributed by atoms with Crippen LogP contribution in [0.4, 0.5) is 9.18 Å². The zero-order valence-corrected chi connectivity index (χ0v) is 12.6. The van der Waals surface area contributed by atoms with Gasteiger partial charge in [0.25, 0.3) is 10.0 Å². The molecule has 0 fully saturated rings. The lowest BCUT2D eigenvalue weighted by atomic mass is 10.2. The summed E-state index contributed by atoms with van der Waals surface area (Å²) in [7, 11) is -4.25. The molecule has 1 aromatic rings. The highest BCUT2D eigenvalue weighted by molar-refractivity contribution is 7.89. The minimum absolute atomic E-state index is 0.0570. The topological polar surface area (TPSA) is 84.5 Å². The lowest BCUT2D eigenvalue weighted by Gasteiger charge is -2.19. The van der Waals surface area contributed by atoms with E-state index in [1.54, 1.807) is 25.6 Å². The van der Waals surface area contributed by atoms with Gasteiger partial charge in [-0.1, -0.05) is 11.6 Å². The van der Waals surface area contributed by atoms with E-state index in [1.807, 2.05) is 5.43 Å². The fraction of sp³-hybridized carbons (Fsp3) is 0.364. The Balaban J connectivity index is 2.78. The monoisotopic (exact) mass is 324 g/mol. The van der Waals surface area contributed by atoms with Crippen LogP contribution in [0.3, 0.4) is 0 Å². The Morgan fingerprint density at radius 3 is 2.45 bits per heavy atom. The summed E-state index contributed by atoms with van der Waals surface area (Å²) in [5.41, 5.74) is 1.03. The van der Waals surface area contributed by atoms with E-state index < -0.39 is 32.4 Å². The van der Waals surface area contributed by atoms with Gasteiger partial charge in [-0.3, -0.25) is 0 Å². The minimum Gasteiger partial charge on any atom is -0.443 e. The maximum absolute atomic E-state index is 13.5. The lowest BCUT2D eigenvalue weighted by molar-refractivity contribution is 0.0515. The standard InChI is InChI=1S/C11H14ClFN2O4S/c1-11(2,3)19-10(16)14-15-20(17,18)9-5-4-7(12)6-8(9)13/h4-6,15H,1-3H3,(H,14,16). The fourth-order valence-corrected chi connectivity index (χ4v) is 2.21. The number of halogens is 2. The van der Waals surface area contributed by atoms with Crippen molar-refractivity contribution < 1.29 is 22.3 Å². The average Bonchev–Trinajstić information content (AvgIpc) is 2.23. The molecule has 1 amide bonds. The van der Waals surface area contributed by atoms with Crippen LogP contribution >= 0.6 is 11.6 Å². The number of hydrazine groups is 1. The Kier molecular flexibility index (Phi) is 4.95. The molecule has 0 aromatic heterocycles. The number of rotatable bonds is 3. The van der Waals surface area contributed by atoms with Gasteiger partial charge in [0.05, 0.1) is 0 Å². The molecular weight excluding hydrogens is 311 g/mol. The van der Waals surface area contributed by atoms with Crippen LogP contribution in [0.2, 0.25) is 5.02 Å². The van der Waals surface area contributed by atoms with Gasteiger partial charge in [0.15, 0.2) is 0 Å². The van der Waals surface area contributed by atoms with Gasteiger partial charge in [-0.2, -0.15) is 0 Å². The molecule has 20 heavy (non-hydrogen) atoms. The number of hydrogen-bond acceptors (Lipinski definition) is 4. The van der Waals surface area contributed by atoms with Gasteiger partial charge in [0.2, 0.25) is 0 Å². The zero-order chi connectivity index (χ0) is 15.6. The number of carbonyl (C=O) groups excluding carboxylic acids is 1. The first kappa shape index (κ1) is 16.7. The molecule has 9 heteroatoms. The maximum Gasteiger partial charge on any atom is 0.423 e. The summed E-state index contributed by atoms with van der Waals surface area (Å²) in [5.74, 6) is -1.03. The van der Waals surface area contributed by atoms with Crippen LogP contribution in [-0.4, -0.2) is 20.1 Å². The number of hydrogen-bond donors (Lipinski definition) is 2. The lowest BCUT2D eigenvalue weighted by Crippen LogP contribution is -2.44. The summed E-state index contributed by atoms with van der Waals surface area (Å²) in [6.45, 7) is 4.83. The highest BCUT2D eigenvalue weighted by Gasteiger charge is 2.22. The van der Waals surface area contributed by atoms with Crippen molar-refractivity contribution in [3.63, 3.8) is 0 Å². The van der Waals surface area contributed by atoms with Gasteiger partial charge in [-0.25, -0.2) is 23.0 Å². The average molecular weight is 325 g/mol. The summed E-state index contributed by atoms with van der Waals surface area (Å²) in [6, 6.07) is 3.05. The molecular formula is C11H14ClFN2O4S. The van der Waals surface area contributed by atoms with Gasteiger partial charge in [-0.15, -0.1) is 4.83 Å². The van der Waals surface area contributed by atoms with E-state index in [-0.39, 0.29) is 5.02 Å². The van der Waals surface area contributed by atoms with Gasteiger partial charge < -0.3 is 4.74 Å². The van der Waals surface area contributed by atoms with Crippen molar-refractivity contribution in [2.75, 3.05) is 0 Å². The molecule has 0 aliphatic rings. The second-order valence-electron chi connectivity index (χ2n) is 4.81. The van der Waals surface area contributed by atoms with E-state index >= 15 is 0 Å². The first-order valence-corrected chi connectivity index (χ1v) is 7.33. The Bertz CT molecular complexity index is 613. The summed E-state index contributed by atoms with van der Waals surface area (Å²) in [5, 5.41) is 0.0570. The third kappa shape index (κ3) is 4.95. The molecule has 0 saturated carbocycles. The van der Waals surface area contributed by atoms with Crippen LogP contribution < -0.4 is 10.3 Å². The van der Waals surface area contributed by atoms with Crippen molar-refractivity contribution in [1.29, 1.82) is 0 Å². The summed E-state index contributed by atoms with van der Waals surface area (Å²) in [6.07, 6.45) is -1.00. The second kappa shape index (κ2) is 5.94. The predicted octanol–water partition coefficient (Wildman–Crippen LogP) is 2.20. The number of ether oxygens (including phenoxy) is 1. The highest BCUT2D eigenvalue weighted by Crippen LogP contribution is 2.18. The number of amides is 1. The predicted molar refractivity (Wildman–Crippen MR) is 71.1 cm³/mol. The molecule has 0 atom stereocenters. The first-order chi connectivity index (χ1) is 9.01. The molecule has 0 saturated heterocycles. The fourth-order valence-electron chi connectivity index (χ4n) is 1.16. The van der Waals surface area contributed by atoms with E-state index in [4.69, 9.17) is 16.3 Å². The minimum atomic E-state index is -4.25. The van der Waals surface area contributed by atoms with Crippen LogP contribution in [0.5, 0.6) is 0 Å². The molecule has 112 valence electrons. The molecule has 0 bridgehead atoms. The van der Waals surface area contributed by atoms with Crippen LogP contribution in [0.1, 0.15) is 20.8 Å². The zero-order valence-electron chi connectivity index (χ0n) is 11.0. The summed E-state index contributed by atoms with van der Waals surface area (Å²) in [4.78, 5) is 12.4. The van der Waals surface area contributed by atoms with Crippen LogP contribution in [0.25, 0.3) is 0 Å². The number of benzene rings is 1. The van der Waals surface area contributed by atoms with Crippen LogP contribution in [0, 0.1) is 5.82 Å². The van der Waals surface area contributed by atoms with E-state index in [1.165, 1.54) is 6.07 Å². The third-order valence-electron chi connectivity index (χ3n) is 1.87. The Morgan fingerprint density at radius 2 is 1.95 bits per heavy atom. The first-order valence-electron chi connectivity index (χ1n) is 5.47. The Hall–Kier alpha value is -1.38. The molecule has 2 N–H and O–H groups in total. The van der Waals surface area contributed by atoms with E-state index in [2.05, 4.69) is 0 Å². The van der Waals surface area contributed by atoms with Crippen LogP contribution in [-0.2, 0) is 14.8 Å². The molecule has 0 aliphatic heterocycles. The van der Waals surface area contributed by atoms with Gasteiger partial charge >= 0.3 is 6.09 Å². The Morgan fingerprint density at radius 1 is 1.35 bits per heavy atom. The van der Waals surface area contributed by atoms with Gasteiger partial charge in [0.1, 0.15) is 16.3 Å². The molecule has 0 spiro atoms. The molecule has 1 rings (SSSR count). The maximum atomic E-state index is 13.5. The largest absolute Gasteiger partial charge is 0.443 e. The van der Waals surface area contributed by atoms with Gasteiger partial charge in [0, 0.05) is 5.02 Å². The molecule has 1 aromatic carbocycles. The molecule has 0 radical (unpaired) electrons. The van der Waals surface area contributed by atoms with Crippen molar-refractivity contribution >= 4 is 27.7 Å². The van der Waals surface area contributed by atoms with Crippen molar-refractivity contribution in [3.8, 4) is 0 Å². The van der Waals surface area contributed by atoms with E-state index in [9.17, 15) is 17.6 Å². The number of nitrogens with one attached hydrogen (secondary N) is 2. The quantitative estimate of drug-likeness (QED) is 0.835. The summed E-state index contributed by atoms with van der Waals surface area (Å²) < 4.78 is 41.9. The molecule has 6 nitrogen and oxygen atoms in total. The van der Waals surface area contributed by atoms with Crippen LogP contribution in [0.15, 0.2) is 23.1 Å². The SMILES string of the molecule is CC(C)(C)OC(=O)NNS(=O)(=O)c1ccc(Cl)cc1F. The number of sulfonamides is 1. The summed E-state index contributed by atoms with van der Waals surface area (Å²) >= 11 is 5.52. The highest BCUT2D eigenvalue weighted by atomic mass is 35.5. The molecule has 0 heterocycles. The van der Waals surface area contributed by atoms with E-state index in [0.29, 0.717) is 0 Å². The van der Waals surface area contributed by atoms with Crippen molar-refractivity contribution in [3.05, 3.63) is 29.0 Å². The van der Waals surface area contributed by atoms with E-state index in [0.717, 1.165) is 12.1 Å². The molecule has 0 aliphatic carbocycles. The normalized spacial score (nSPS) is 12.1. The number of carbonyl (C=O) groups is 1. The van der Waals surface area contributed by atoms with Gasteiger partial charge in [-0.05, 0) is 39.0 Å². The van der Waals surface area contributed by atoms with Crippen molar-refractivity contribution in [1.82, 2.24) is 10.3 Å². The molecule has 0 unspecified atom stereocenters. The van der Waals surface area contributed by atoms with Crippen molar-refractivity contribution in [2.45, 2.75) is 31.3 Å². The Labute approximate surface area is 121 Å². The third-order valence-corrected chi connectivity index (χ3v) is 3.39. The smallest absolute Gasteiger partial charge is 0.423 e. The second-order valence-corrected chi connectivity index (χ2v) is 6.89.